The molecule has 1 atom stereocenters. The second-order valence-electron chi connectivity index (χ2n) is 9.57. The molecular weight excluding hydrogens is 424 g/mol. The molecule has 1 N–H and O–H groups in total. The smallest absolute Gasteiger partial charge is 0.240 e. The van der Waals surface area contributed by atoms with Crippen LogP contribution in [0.25, 0.3) is 0 Å². The molecule has 3 rings (SSSR count). The molecule has 174 valence electrons. The number of aryl methyl sites for hydroxylation is 1. The van der Waals surface area contributed by atoms with E-state index in [-0.39, 0.29) is 34.8 Å². The Morgan fingerprint density at radius 3 is 2.62 bits per heavy atom. The fourth-order valence-electron chi connectivity index (χ4n) is 3.89. The lowest BCUT2D eigenvalue weighted by Crippen LogP contribution is -2.43. The van der Waals surface area contributed by atoms with Gasteiger partial charge in [-0.05, 0) is 12.0 Å². The Bertz CT molecular complexity index is 994. The number of benzene rings is 1. The van der Waals surface area contributed by atoms with E-state index < -0.39 is 0 Å². The maximum absolute atomic E-state index is 13.2. The number of hydrogen-bond donors (Lipinski definition) is 1. The summed E-state index contributed by atoms with van der Waals surface area (Å²) in [6.07, 6.45) is 0. The number of ether oxygens (including phenoxy) is 1. The number of thioether (sulfide) groups is 1. The summed E-state index contributed by atoms with van der Waals surface area (Å²) in [4.78, 5) is 27.5. The van der Waals surface area contributed by atoms with Crippen LogP contribution in [0.2, 0.25) is 0 Å². The van der Waals surface area contributed by atoms with Crippen LogP contribution in [0.1, 0.15) is 56.7 Å². The Balaban J connectivity index is 2.15. The van der Waals surface area contributed by atoms with Crippen LogP contribution in [0.15, 0.2) is 24.3 Å². The Labute approximate surface area is 194 Å². The van der Waals surface area contributed by atoms with Crippen molar-refractivity contribution in [2.45, 2.75) is 45.3 Å². The highest BCUT2D eigenvalue weighted by Crippen LogP contribution is 2.49. The molecule has 1 aliphatic heterocycles. The highest BCUT2D eigenvalue weighted by molar-refractivity contribution is 8.00. The molecule has 0 bridgehead atoms. The van der Waals surface area contributed by atoms with Gasteiger partial charge >= 0.3 is 0 Å². The highest BCUT2D eigenvalue weighted by atomic mass is 32.2. The maximum atomic E-state index is 13.2. The summed E-state index contributed by atoms with van der Waals surface area (Å²) in [5.41, 5.74) is 2.64. The zero-order valence-electron chi connectivity index (χ0n) is 20.1. The van der Waals surface area contributed by atoms with Crippen molar-refractivity contribution >= 4 is 29.4 Å². The van der Waals surface area contributed by atoms with E-state index in [1.54, 1.807) is 28.5 Å². The molecule has 2 amide bonds. The molecule has 32 heavy (non-hydrogen) atoms. The number of aromatic nitrogens is 2. The Kier molecular flexibility index (Phi) is 7.22. The van der Waals surface area contributed by atoms with Gasteiger partial charge in [-0.25, -0.2) is 0 Å². The van der Waals surface area contributed by atoms with E-state index >= 15 is 0 Å². The van der Waals surface area contributed by atoms with E-state index in [2.05, 4.69) is 26.1 Å². The van der Waals surface area contributed by atoms with Crippen molar-refractivity contribution < 1.29 is 14.3 Å². The Morgan fingerprint density at radius 1 is 1.31 bits per heavy atom. The average molecular weight is 459 g/mol. The standard InChI is InChI=1S/C24H34N4O3S/c1-15(2)12-25-18(29)13-28-19(30)14-32-21(16-10-8-9-11-17(16)31-7)20-22(24(3,4)5)26-27(6)23(20)28/h8-11,15,21H,12-14H2,1-7H3,(H,25,29). The topological polar surface area (TPSA) is 76.5 Å². The molecule has 1 aromatic carbocycles. The predicted octanol–water partition coefficient (Wildman–Crippen LogP) is 3.67. The molecule has 1 aliphatic rings. The van der Waals surface area contributed by atoms with Gasteiger partial charge < -0.3 is 10.1 Å². The summed E-state index contributed by atoms with van der Waals surface area (Å²) < 4.78 is 7.40. The van der Waals surface area contributed by atoms with Gasteiger partial charge in [0.25, 0.3) is 0 Å². The molecule has 0 radical (unpaired) electrons. The first kappa shape index (κ1) is 24.2. The third-order valence-corrected chi connectivity index (χ3v) is 6.62. The van der Waals surface area contributed by atoms with E-state index in [4.69, 9.17) is 9.84 Å². The van der Waals surface area contributed by atoms with Crippen LogP contribution in [0.4, 0.5) is 5.82 Å². The van der Waals surface area contributed by atoms with Crippen LogP contribution in [0, 0.1) is 5.92 Å². The van der Waals surface area contributed by atoms with E-state index in [9.17, 15) is 9.59 Å². The fourth-order valence-corrected chi connectivity index (χ4v) is 5.11. The van der Waals surface area contributed by atoms with Gasteiger partial charge in [0.1, 0.15) is 18.1 Å². The first-order chi connectivity index (χ1) is 15.0. The second kappa shape index (κ2) is 9.57. The summed E-state index contributed by atoms with van der Waals surface area (Å²) in [7, 11) is 3.50. The van der Waals surface area contributed by atoms with Crippen LogP contribution in [0.5, 0.6) is 5.75 Å². The van der Waals surface area contributed by atoms with Crippen LogP contribution < -0.4 is 15.0 Å². The third kappa shape index (κ3) is 4.95. The van der Waals surface area contributed by atoms with Crippen molar-refractivity contribution in [3.05, 3.63) is 41.1 Å². The number of carbonyl (C=O) groups is 2. The quantitative estimate of drug-likeness (QED) is 0.715. The van der Waals surface area contributed by atoms with Crippen molar-refractivity contribution in [2.75, 3.05) is 30.9 Å². The number of nitrogens with zero attached hydrogens (tertiary/aromatic N) is 3. The van der Waals surface area contributed by atoms with Crippen LogP contribution in [-0.2, 0) is 22.1 Å². The van der Waals surface area contributed by atoms with Gasteiger partial charge in [-0.3, -0.25) is 19.2 Å². The van der Waals surface area contributed by atoms with Crippen molar-refractivity contribution in [1.29, 1.82) is 0 Å². The minimum absolute atomic E-state index is 0.0269. The number of carbonyl (C=O) groups excluding carboxylic acids is 2. The second-order valence-corrected chi connectivity index (χ2v) is 10.7. The van der Waals surface area contributed by atoms with Gasteiger partial charge in [0, 0.05) is 30.1 Å². The Morgan fingerprint density at radius 2 is 2.00 bits per heavy atom. The number of fused-ring (bicyclic) bond motifs is 1. The molecule has 0 aliphatic carbocycles. The first-order valence-electron chi connectivity index (χ1n) is 10.9. The minimum Gasteiger partial charge on any atom is -0.496 e. The molecule has 2 aromatic rings. The number of nitrogens with one attached hydrogen (secondary N) is 1. The van der Waals surface area contributed by atoms with Gasteiger partial charge in [-0.1, -0.05) is 52.8 Å². The number of amides is 2. The number of rotatable bonds is 6. The van der Waals surface area contributed by atoms with Crippen LogP contribution >= 0.6 is 11.8 Å². The molecule has 8 heteroatoms. The van der Waals surface area contributed by atoms with Gasteiger partial charge in [-0.2, -0.15) is 5.10 Å². The SMILES string of the molecule is COc1ccccc1C1SCC(=O)N(CC(=O)NCC(C)C)c2c1c(C(C)(C)C)nn2C. The number of methoxy groups -OCH3 is 1. The van der Waals surface area contributed by atoms with E-state index in [1.165, 1.54) is 0 Å². The third-order valence-electron chi connectivity index (χ3n) is 5.39. The predicted molar refractivity (Wildman–Crippen MR) is 129 cm³/mol. The van der Waals surface area contributed by atoms with Crippen molar-refractivity contribution in [1.82, 2.24) is 15.1 Å². The summed E-state index contributed by atoms with van der Waals surface area (Å²) in [6, 6.07) is 7.89. The molecule has 0 fully saturated rings. The monoisotopic (exact) mass is 458 g/mol. The van der Waals surface area contributed by atoms with E-state index in [1.807, 2.05) is 45.2 Å². The van der Waals surface area contributed by atoms with Gasteiger partial charge in [0.2, 0.25) is 11.8 Å². The number of anilines is 1. The molecule has 2 heterocycles. The Hall–Kier alpha value is -2.48. The molecule has 0 saturated carbocycles. The minimum atomic E-state index is -0.245. The van der Waals surface area contributed by atoms with E-state index in [0.29, 0.717) is 18.3 Å². The summed E-state index contributed by atoms with van der Waals surface area (Å²) >= 11 is 1.55. The molecule has 1 unspecified atom stereocenters. The lowest BCUT2D eigenvalue weighted by molar-refractivity contribution is -0.123. The van der Waals surface area contributed by atoms with Crippen LogP contribution in [-0.4, -0.2) is 47.5 Å². The lowest BCUT2D eigenvalue weighted by Gasteiger charge is -2.25. The first-order valence-corrected chi connectivity index (χ1v) is 12.0. The number of hydrogen-bond acceptors (Lipinski definition) is 5. The van der Waals surface area contributed by atoms with Gasteiger partial charge in [0.15, 0.2) is 0 Å². The number of para-hydroxylation sites is 1. The molecule has 0 saturated heterocycles. The van der Waals surface area contributed by atoms with Crippen molar-refractivity contribution in [2.24, 2.45) is 13.0 Å². The summed E-state index contributed by atoms with van der Waals surface area (Å²) in [5.74, 6) is 1.78. The highest BCUT2D eigenvalue weighted by Gasteiger charge is 2.39. The zero-order chi connectivity index (χ0) is 23.6. The van der Waals surface area contributed by atoms with Crippen molar-refractivity contribution in [3.63, 3.8) is 0 Å². The molecule has 0 spiro atoms. The average Bonchev–Trinajstić information content (AvgIpc) is 3.00. The molecular formula is C24H34N4O3S. The van der Waals surface area contributed by atoms with Gasteiger partial charge in [0.05, 0.1) is 23.8 Å². The summed E-state index contributed by atoms with van der Waals surface area (Å²) in [6.45, 7) is 11.0. The van der Waals surface area contributed by atoms with Gasteiger partial charge in [-0.15, -0.1) is 11.8 Å². The molecule has 7 nitrogen and oxygen atoms in total. The van der Waals surface area contributed by atoms with Crippen LogP contribution in [0.3, 0.4) is 0 Å². The normalized spacial score (nSPS) is 16.7. The van der Waals surface area contributed by atoms with Crippen molar-refractivity contribution in [3.8, 4) is 5.75 Å². The fraction of sp³-hybridized carbons (Fsp3) is 0.542. The molecule has 1 aromatic heterocycles. The maximum Gasteiger partial charge on any atom is 0.240 e. The zero-order valence-corrected chi connectivity index (χ0v) is 20.9. The largest absolute Gasteiger partial charge is 0.496 e. The lowest BCUT2D eigenvalue weighted by atomic mass is 9.87. The summed E-state index contributed by atoms with van der Waals surface area (Å²) in [5, 5.41) is 7.63. The van der Waals surface area contributed by atoms with E-state index in [0.717, 1.165) is 22.6 Å².